The summed E-state index contributed by atoms with van der Waals surface area (Å²) in [5, 5.41) is 8.00. The molecular weight excluding hydrogens is 392 g/mol. The maximum atomic E-state index is 13.1. The van der Waals surface area contributed by atoms with Gasteiger partial charge in [0.05, 0.1) is 23.8 Å². The van der Waals surface area contributed by atoms with Crippen molar-refractivity contribution in [3.8, 4) is 0 Å². The average Bonchev–Trinajstić information content (AvgIpc) is 3.42. The summed E-state index contributed by atoms with van der Waals surface area (Å²) in [7, 11) is 0. The Hall–Kier alpha value is -2.90. The van der Waals surface area contributed by atoms with Crippen molar-refractivity contribution in [1.29, 1.82) is 0 Å². The number of amides is 2. The van der Waals surface area contributed by atoms with Gasteiger partial charge in [-0.3, -0.25) is 9.59 Å². The lowest BCUT2D eigenvalue weighted by atomic mass is 9.88. The zero-order valence-electron chi connectivity index (χ0n) is 17.9. The van der Waals surface area contributed by atoms with E-state index in [9.17, 15) is 9.59 Å². The first-order chi connectivity index (χ1) is 15.0. The van der Waals surface area contributed by atoms with E-state index in [1.54, 1.807) is 5.01 Å². The van der Waals surface area contributed by atoms with Crippen LogP contribution in [-0.2, 0) is 9.53 Å². The maximum absolute atomic E-state index is 13.1. The summed E-state index contributed by atoms with van der Waals surface area (Å²) in [6.07, 6.45) is 2.14. The third kappa shape index (κ3) is 3.68. The van der Waals surface area contributed by atoms with Gasteiger partial charge in [-0.15, -0.1) is 0 Å². The van der Waals surface area contributed by atoms with Crippen LogP contribution >= 0.6 is 0 Å². The van der Waals surface area contributed by atoms with Gasteiger partial charge in [0.2, 0.25) is 5.91 Å². The summed E-state index contributed by atoms with van der Waals surface area (Å²) in [6.45, 7) is 5.96. The van der Waals surface area contributed by atoms with Gasteiger partial charge in [0.15, 0.2) is 0 Å². The second kappa shape index (κ2) is 7.98. The van der Waals surface area contributed by atoms with Crippen LogP contribution in [0.25, 0.3) is 0 Å². The normalized spacial score (nSPS) is 24.5. The van der Waals surface area contributed by atoms with Crippen LogP contribution in [0.1, 0.15) is 45.9 Å². The summed E-state index contributed by atoms with van der Waals surface area (Å²) in [5.74, 6) is -0.297. The van der Waals surface area contributed by atoms with Crippen molar-refractivity contribution in [2.75, 3.05) is 30.0 Å². The lowest BCUT2D eigenvalue weighted by Gasteiger charge is -2.27. The van der Waals surface area contributed by atoms with Crippen molar-refractivity contribution in [1.82, 2.24) is 10.7 Å². The van der Waals surface area contributed by atoms with Crippen LogP contribution in [0.15, 0.2) is 36.4 Å². The first-order valence-electron chi connectivity index (χ1n) is 11.0. The van der Waals surface area contributed by atoms with E-state index in [0.29, 0.717) is 18.7 Å². The molecule has 3 N–H and O–H groups in total. The fourth-order valence-electron chi connectivity index (χ4n) is 4.62. The van der Waals surface area contributed by atoms with E-state index in [0.717, 1.165) is 42.0 Å². The van der Waals surface area contributed by atoms with E-state index in [4.69, 9.17) is 4.74 Å². The standard InChI is InChI=1S/C24H28N4O3/c1-14-5-7-17(10-15(14)2)28-24(30)20-13-25-21-8-6-16(11-19(21)22(20)27-28)23(29)26-12-18-4-3-9-31-18/h5-8,10-11,18,20,22,25,27H,3-4,9,12-13H2,1-2H3,(H,26,29). The Bertz CT molecular complexity index is 1030. The Kier molecular flexibility index (Phi) is 5.16. The number of hydrogen-bond donors (Lipinski definition) is 3. The van der Waals surface area contributed by atoms with Crippen LogP contribution in [0.2, 0.25) is 0 Å². The van der Waals surface area contributed by atoms with Gasteiger partial charge in [0, 0.05) is 30.9 Å². The van der Waals surface area contributed by atoms with Gasteiger partial charge in [-0.05, 0) is 73.7 Å². The summed E-state index contributed by atoms with van der Waals surface area (Å²) in [6, 6.07) is 11.5. The zero-order chi connectivity index (χ0) is 21.5. The van der Waals surface area contributed by atoms with Gasteiger partial charge in [-0.1, -0.05) is 6.07 Å². The van der Waals surface area contributed by atoms with Crippen LogP contribution in [-0.4, -0.2) is 37.6 Å². The number of ether oxygens (including phenoxy) is 1. The molecule has 0 aliphatic carbocycles. The second-order valence-corrected chi connectivity index (χ2v) is 8.68. The zero-order valence-corrected chi connectivity index (χ0v) is 17.9. The molecule has 0 bridgehead atoms. The number of rotatable bonds is 4. The molecule has 0 radical (unpaired) electrons. The van der Waals surface area contributed by atoms with Crippen LogP contribution in [0.3, 0.4) is 0 Å². The lowest BCUT2D eigenvalue weighted by Crippen LogP contribution is -2.35. The molecule has 3 aliphatic rings. The van der Waals surface area contributed by atoms with E-state index in [1.807, 2.05) is 43.3 Å². The highest BCUT2D eigenvalue weighted by Gasteiger charge is 2.44. The number of anilines is 2. The quantitative estimate of drug-likeness (QED) is 0.709. The first kappa shape index (κ1) is 20.0. The molecule has 2 aromatic carbocycles. The van der Waals surface area contributed by atoms with Crippen LogP contribution in [0.5, 0.6) is 0 Å². The number of nitrogens with zero attached hydrogens (tertiary/aromatic N) is 1. The van der Waals surface area contributed by atoms with Gasteiger partial charge in [0.1, 0.15) is 0 Å². The van der Waals surface area contributed by atoms with Crippen molar-refractivity contribution in [3.63, 3.8) is 0 Å². The van der Waals surface area contributed by atoms with Gasteiger partial charge in [-0.2, -0.15) is 0 Å². The van der Waals surface area contributed by atoms with Gasteiger partial charge >= 0.3 is 0 Å². The molecule has 3 aliphatic heterocycles. The Morgan fingerprint density at radius 2 is 2.06 bits per heavy atom. The minimum atomic E-state index is -0.223. The fraction of sp³-hybridized carbons (Fsp3) is 0.417. The van der Waals surface area contributed by atoms with Crippen molar-refractivity contribution in [2.24, 2.45) is 5.92 Å². The predicted molar refractivity (Wildman–Crippen MR) is 119 cm³/mol. The summed E-state index contributed by atoms with van der Waals surface area (Å²) < 4.78 is 5.59. The number of aryl methyl sites for hydroxylation is 2. The highest BCUT2D eigenvalue weighted by atomic mass is 16.5. The Labute approximate surface area is 182 Å². The second-order valence-electron chi connectivity index (χ2n) is 8.68. The fourth-order valence-corrected chi connectivity index (χ4v) is 4.62. The van der Waals surface area contributed by atoms with Gasteiger partial charge < -0.3 is 15.4 Å². The first-order valence-corrected chi connectivity index (χ1v) is 11.0. The van der Waals surface area contributed by atoms with Crippen LogP contribution in [0.4, 0.5) is 11.4 Å². The number of fused-ring (bicyclic) bond motifs is 3. The third-order valence-electron chi connectivity index (χ3n) is 6.63. The molecule has 3 atom stereocenters. The van der Waals surface area contributed by atoms with Crippen LogP contribution in [0, 0.1) is 19.8 Å². The Morgan fingerprint density at radius 1 is 1.19 bits per heavy atom. The number of carbonyl (C=O) groups excluding carboxylic acids is 2. The molecular formula is C24H28N4O3. The molecule has 2 amide bonds. The molecule has 2 aromatic rings. The molecule has 5 rings (SSSR count). The summed E-state index contributed by atoms with van der Waals surface area (Å²) in [5.41, 5.74) is 9.07. The number of benzene rings is 2. The summed E-state index contributed by atoms with van der Waals surface area (Å²) >= 11 is 0. The van der Waals surface area contributed by atoms with E-state index < -0.39 is 0 Å². The molecule has 2 fully saturated rings. The molecule has 7 nitrogen and oxygen atoms in total. The van der Waals surface area contributed by atoms with E-state index >= 15 is 0 Å². The Balaban J connectivity index is 1.37. The van der Waals surface area contributed by atoms with Crippen molar-refractivity contribution in [2.45, 2.75) is 38.8 Å². The SMILES string of the molecule is Cc1ccc(N2NC3c4cc(C(=O)NCC5CCCO5)ccc4NCC3C2=O)cc1C. The van der Waals surface area contributed by atoms with Gasteiger partial charge in [0.25, 0.3) is 5.91 Å². The number of nitrogens with one attached hydrogen (secondary N) is 3. The van der Waals surface area contributed by atoms with Crippen molar-refractivity contribution < 1.29 is 14.3 Å². The van der Waals surface area contributed by atoms with Gasteiger partial charge in [-0.25, -0.2) is 10.4 Å². The summed E-state index contributed by atoms with van der Waals surface area (Å²) in [4.78, 5) is 25.9. The molecule has 162 valence electrons. The van der Waals surface area contributed by atoms with Crippen molar-refractivity contribution >= 4 is 23.2 Å². The molecule has 3 unspecified atom stereocenters. The monoisotopic (exact) mass is 420 g/mol. The highest BCUT2D eigenvalue weighted by Crippen LogP contribution is 2.40. The predicted octanol–water partition coefficient (Wildman–Crippen LogP) is 2.85. The third-order valence-corrected chi connectivity index (χ3v) is 6.63. The molecule has 0 spiro atoms. The Morgan fingerprint density at radius 3 is 2.84 bits per heavy atom. The topological polar surface area (TPSA) is 82.7 Å². The number of carbonyl (C=O) groups is 2. The molecule has 7 heteroatoms. The molecule has 3 heterocycles. The minimum Gasteiger partial charge on any atom is -0.384 e. The van der Waals surface area contributed by atoms with E-state index in [-0.39, 0.29) is 29.9 Å². The maximum Gasteiger partial charge on any atom is 0.251 e. The van der Waals surface area contributed by atoms with Crippen LogP contribution < -0.4 is 21.1 Å². The number of hydrazine groups is 1. The molecule has 0 aromatic heterocycles. The van der Waals surface area contributed by atoms with E-state index in [2.05, 4.69) is 23.0 Å². The largest absolute Gasteiger partial charge is 0.384 e. The molecule has 2 saturated heterocycles. The van der Waals surface area contributed by atoms with E-state index in [1.165, 1.54) is 5.56 Å². The molecule has 0 saturated carbocycles. The average molecular weight is 421 g/mol. The lowest BCUT2D eigenvalue weighted by molar-refractivity contribution is -0.120. The number of hydrogen-bond acceptors (Lipinski definition) is 5. The van der Waals surface area contributed by atoms with Crippen molar-refractivity contribution in [3.05, 3.63) is 58.7 Å². The minimum absolute atomic E-state index is 0.0413. The highest BCUT2D eigenvalue weighted by molar-refractivity contribution is 5.99. The molecule has 31 heavy (non-hydrogen) atoms. The smallest absolute Gasteiger partial charge is 0.251 e.